The molecular weight excluding hydrogens is 852 g/mol. The fourth-order valence-electron chi connectivity index (χ4n) is 8.82. The van der Waals surface area contributed by atoms with Crippen LogP contribution in [-0.4, -0.2) is 68.5 Å². The Morgan fingerprint density at radius 3 is 1.21 bits per heavy atom. The van der Waals surface area contributed by atoms with Gasteiger partial charge in [-0.2, -0.15) is 0 Å². The summed E-state index contributed by atoms with van der Waals surface area (Å²) in [5.74, 6) is -0.201. The second kappa shape index (κ2) is 49.9. The zero-order chi connectivity index (χ0) is 49.2. The van der Waals surface area contributed by atoms with Crippen molar-refractivity contribution >= 4 is 13.7 Å². The van der Waals surface area contributed by atoms with Gasteiger partial charge >= 0.3 is 0 Å². The Hall–Kier alpha value is -1.02. The Morgan fingerprint density at radius 2 is 0.836 bits per heavy atom. The highest BCUT2D eigenvalue weighted by molar-refractivity contribution is 7.45. The van der Waals surface area contributed by atoms with E-state index in [0.717, 1.165) is 38.5 Å². The van der Waals surface area contributed by atoms with E-state index in [1.165, 1.54) is 231 Å². The number of carbonyl (C=O) groups excluding carboxylic acids is 1. The summed E-state index contributed by atoms with van der Waals surface area (Å²) in [6, 6.07) is -0.900. The van der Waals surface area contributed by atoms with Gasteiger partial charge in [0.15, 0.2) is 0 Å². The molecule has 67 heavy (non-hydrogen) atoms. The third-order valence-electron chi connectivity index (χ3n) is 13.4. The number of quaternary nitrogens is 1. The molecule has 0 bridgehead atoms. The Morgan fingerprint density at radius 1 is 0.507 bits per heavy atom. The molecule has 0 spiro atoms. The molecule has 2 N–H and O–H groups in total. The monoisotopic (exact) mass is 967 g/mol. The molecule has 0 aromatic rings. The fourth-order valence-corrected chi connectivity index (χ4v) is 9.54. The molecule has 398 valence electrons. The molecule has 0 aromatic carbocycles. The van der Waals surface area contributed by atoms with E-state index in [4.69, 9.17) is 9.05 Å². The Kier molecular flexibility index (Phi) is 49.2. The first-order chi connectivity index (χ1) is 32.5. The van der Waals surface area contributed by atoms with Gasteiger partial charge in [-0.25, -0.2) is 0 Å². The van der Waals surface area contributed by atoms with Crippen molar-refractivity contribution in [2.45, 2.75) is 302 Å². The summed E-state index contributed by atoms with van der Waals surface area (Å²) < 4.78 is 23.3. The van der Waals surface area contributed by atoms with Gasteiger partial charge in [-0.05, 0) is 32.1 Å². The molecule has 0 fully saturated rings. The number of phosphoric acid groups is 1. The first kappa shape index (κ1) is 66.0. The lowest BCUT2D eigenvalue weighted by Crippen LogP contribution is -2.45. The first-order valence-corrected chi connectivity index (χ1v) is 30.7. The molecule has 0 saturated heterocycles. The third kappa shape index (κ3) is 52.6. The Bertz CT molecular complexity index is 1140. The number of hydrogen-bond donors (Lipinski definition) is 2. The standard InChI is InChI=1S/C58H115N2O6P/c1-6-8-10-12-14-16-18-20-22-24-26-28-29-30-32-33-35-37-39-41-43-45-47-49-51-57(61)56(55-66-67(63,64)65-54-53-60(3,4)5)59-58(62)52-50-48-46-44-42-40-38-36-34-31-27-25-23-21-19-17-15-13-11-9-7-2/h41,43,49,51,56-57,61H,6-40,42,44-48,50,52-55H2,1-5H3,(H-,59,62,63,64)/b43-41+,51-49+. The number of unbranched alkanes of at least 4 members (excludes halogenated alkanes) is 39. The van der Waals surface area contributed by atoms with Crippen molar-refractivity contribution in [1.29, 1.82) is 0 Å². The molecule has 3 atom stereocenters. The fraction of sp³-hybridized carbons (Fsp3) is 0.914. The quantitative estimate of drug-likeness (QED) is 0.0272. The van der Waals surface area contributed by atoms with Crippen LogP contribution in [0.25, 0.3) is 0 Å². The zero-order valence-electron chi connectivity index (χ0n) is 45.4. The number of carbonyl (C=O) groups is 1. The molecule has 8 nitrogen and oxygen atoms in total. The molecule has 0 radical (unpaired) electrons. The number of phosphoric ester groups is 1. The van der Waals surface area contributed by atoms with Gasteiger partial charge in [0, 0.05) is 6.42 Å². The second-order valence-electron chi connectivity index (χ2n) is 21.4. The number of hydrogen-bond acceptors (Lipinski definition) is 6. The van der Waals surface area contributed by atoms with Gasteiger partial charge in [0.25, 0.3) is 7.82 Å². The van der Waals surface area contributed by atoms with Crippen LogP contribution in [0.3, 0.4) is 0 Å². The van der Waals surface area contributed by atoms with Gasteiger partial charge in [-0.1, -0.05) is 276 Å². The highest BCUT2D eigenvalue weighted by Crippen LogP contribution is 2.38. The van der Waals surface area contributed by atoms with Crippen LogP contribution in [0.2, 0.25) is 0 Å². The molecule has 0 aliphatic rings. The van der Waals surface area contributed by atoms with Gasteiger partial charge in [-0.15, -0.1) is 0 Å². The van der Waals surface area contributed by atoms with E-state index < -0.39 is 20.0 Å². The molecule has 0 aliphatic carbocycles. The number of nitrogens with zero attached hydrogens (tertiary/aromatic N) is 1. The molecule has 0 aromatic heterocycles. The summed E-state index contributed by atoms with van der Waals surface area (Å²) in [5.41, 5.74) is 0. The lowest BCUT2D eigenvalue weighted by Gasteiger charge is -2.29. The molecule has 0 rings (SSSR count). The average molecular weight is 968 g/mol. The van der Waals surface area contributed by atoms with Crippen LogP contribution in [0.5, 0.6) is 0 Å². The van der Waals surface area contributed by atoms with Crippen molar-refractivity contribution in [2.24, 2.45) is 0 Å². The van der Waals surface area contributed by atoms with Crippen molar-refractivity contribution in [1.82, 2.24) is 5.32 Å². The predicted octanol–water partition coefficient (Wildman–Crippen LogP) is 17.0. The Labute approximate surface area is 417 Å². The van der Waals surface area contributed by atoms with E-state index in [-0.39, 0.29) is 19.1 Å². The molecule has 1 amide bonds. The lowest BCUT2D eigenvalue weighted by atomic mass is 10.0. The smallest absolute Gasteiger partial charge is 0.268 e. The third-order valence-corrected chi connectivity index (χ3v) is 14.4. The van der Waals surface area contributed by atoms with Gasteiger partial charge in [0.2, 0.25) is 5.91 Å². The van der Waals surface area contributed by atoms with E-state index in [1.54, 1.807) is 6.08 Å². The van der Waals surface area contributed by atoms with Crippen LogP contribution < -0.4 is 10.2 Å². The number of aliphatic hydroxyl groups is 1. The minimum absolute atomic E-state index is 0.00368. The maximum absolute atomic E-state index is 13.0. The molecule has 3 unspecified atom stereocenters. The molecule has 0 aliphatic heterocycles. The number of rotatable bonds is 54. The van der Waals surface area contributed by atoms with Crippen molar-refractivity contribution in [3.8, 4) is 0 Å². The first-order valence-electron chi connectivity index (χ1n) is 29.2. The normalized spacial score (nSPS) is 14.1. The lowest BCUT2D eigenvalue weighted by molar-refractivity contribution is -0.870. The van der Waals surface area contributed by atoms with Crippen LogP contribution in [-0.2, 0) is 18.4 Å². The zero-order valence-corrected chi connectivity index (χ0v) is 46.3. The summed E-state index contributed by atoms with van der Waals surface area (Å²) in [6.07, 6.45) is 62.6. The number of nitrogens with one attached hydrogen (secondary N) is 1. The highest BCUT2D eigenvalue weighted by atomic mass is 31.2. The summed E-state index contributed by atoms with van der Waals surface area (Å²) in [7, 11) is 1.26. The molecule has 0 heterocycles. The number of allylic oxidation sites excluding steroid dienone is 3. The van der Waals surface area contributed by atoms with E-state index in [1.807, 2.05) is 27.2 Å². The van der Waals surface area contributed by atoms with E-state index in [0.29, 0.717) is 17.4 Å². The van der Waals surface area contributed by atoms with Crippen LogP contribution >= 0.6 is 7.82 Å². The van der Waals surface area contributed by atoms with Crippen LogP contribution in [0, 0.1) is 0 Å². The summed E-state index contributed by atoms with van der Waals surface area (Å²) >= 11 is 0. The average Bonchev–Trinajstić information content (AvgIpc) is 3.29. The Balaban J connectivity index is 4.23. The second-order valence-corrected chi connectivity index (χ2v) is 22.8. The number of likely N-dealkylation sites (N-methyl/N-ethyl adjacent to an activating group) is 1. The van der Waals surface area contributed by atoms with Crippen molar-refractivity contribution in [3.63, 3.8) is 0 Å². The van der Waals surface area contributed by atoms with Crippen LogP contribution in [0.15, 0.2) is 24.3 Å². The van der Waals surface area contributed by atoms with Crippen LogP contribution in [0.4, 0.5) is 0 Å². The molecular formula is C58H115N2O6P. The number of aliphatic hydroxyl groups excluding tert-OH is 1. The maximum atomic E-state index is 13.0. The van der Waals surface area contributed by atoms with Crippen molar-refractivity contribution in [2.75, 3.05) is 40.9 Å². The van der Waals surface area contributed by atoms with E-state index in [9.17, 15) is 19.4 Å². The predicted molar refractivity (Wildman–Crippen MR) is 289 cm³/mol. The molecule has 0 saturated carbocycles. The SMILES string of the molecule is CCCCCCCCCCCCCCCCCCCC/C=C/CC/C=C/C(O)C(COP(=O)([O-])OCC[N+](C)(C)C)NC(=O)CCCCCCCCCCCCCCCCCCCCCCC. The van der Waals surface area contributed by atoms with Gasteiger partial charge in [-0.3, -0.25) is 9.36 Å². The van der Waals surface area contributed by atoms with Crippen LogP contribution in [0.1, 0.15) is 290 Å². The largest absolute Gasteiger partial charge is 0.756 e. The minimum atomic E-state index is -4.60. The van der Waals surface area contributed by atoms with Gasteiger partial charge in [0.05, 0.1) is 39.9 Å². The van der Waals surface area contributed by atoms with E-state index in [2.05, 4.69) is 31.3 Å². The minimum Gasteiger partial charge on any atom is -0.756 e. The van der Waals surface area contributed by atoms with Crippen molar-refractivity contribution in [3.05, 3.63) is 24.3 Å². The summed E-state index contributed by atoms with van der Waals surface area (Å²) in [4.78, 5) is 25.5. The van der Waals surface area contributed by atoms with Gasteiger partial charge in [0.1, 0.15) is 13.2 Å². The van der Waals surface area contributed by atoms with Gasteiger partial charge < -0.3 is 28.8 Å². The highest BCUT2D eigenvalue weighted by Gasteiger charge is 2.23. The van der Waals surface area contributed by atoms with E-state index >= 15 is 0 Å². The topological polar surface area (TPSA) is 108 Å². The number of amides is 1. The summed E-state index contributed by atoms with van der Waals surface area (Å²) in [5, 5.41) is 13.9. The maximum Gasteiger partial charge on any atom is 0.268 e. The molecule has 9 heteroatoms. The summed E-state index contributed by atoms with van der Waals surface area (Å²) in [6.45, 7) is 4.68. The van der Waals surface area contributed by atoms with Crippen molar-refractivity contribution < 1.29 is 32.9 Å².